The summed E-state index contributed by atoms with van der Waals surface area (Å²) < 4.78 is 10.7. The van der Waals surface area contributed by atoms with Crippen LogP contribution in [0.4, 0.5) is 5.69 Å². The van der Waals surface area contributed by atoms with Crippen molar-refractivity contribution in [2.24, 2.45) is 0 Å². The van der Waals surface area contributed by atoms with Crippen LogP contribution in [0, 0.1) is 0 Å². The van der Waals surface area contributed by atoms with Crippen molar-refractivity contribution in [3.05, 3.63) is 48.2 Å². The molecule has 1 aromatic carbocycles. The van der Waals surface area contributed by atoms with Crippen LogP contribution in [-0.2, 0) is 0 Å². The Labute approximate surface area is 119 Å². The summed E-state index contributed by atoms with van der Waals surface area (Å²) in [5.74, 6) is 1.52. The van der Waals surface area contributed by atoms with E-state index in [0.717, 1.165) is 17.0 Å². The normalized spacial score (nSPS) is 11.8. The zero-order chi connectivity index (χ0) is 14.4. The molecule has 0 aliphatic carbocycles. The molecule has 0 saturated carbocycles. The maximum Gasteiger partial charge on any atom is 0.213 e. The molecule has 1 aromatic heterocycles. The lowest BCUT2D eigenvalue weighted by Crippen LogP contribution is -2.09. The third kappa shape index (κ3) is 3.41. The molecular formula is C16H20N2O2. The highest BCUT2D eigenvalue weighted by Gasteiger charge is 2.11. The van der Waals surface area contributed by atoms with Crippen LogP contribution in [0.25, 0.3) is 0 Å². The second kappa shape index (κ2) is 6.80. The Bertz CT molecular complexity index is 540. The molecule has 4 nitrogen and oxygen atoms in total. The number of para-hydroxylation sites is 1. The number of pyridine rings is 1. The van der Waals surface area contributed by atoms with Crippen molar-refractivity contribution in [3.63, 3.8) is 0 Å². The molecule has 106 valence electrons. The molecule has 1 unspecified atom stereocenters. The lowest BCUT2D eigenvalue weighted by atomic mass is 10.1. The molecule has 0 fully saturated rings. The summed E-state index contributed by atoms with van der Waals surface area (Å²) in [7, 11) is 1.61. The third-order valence-corrected chi connectivity index (χ3v) is 3.01. The van der Waals surface area contributed by atoms with Gasteiger partial charge in [0, 0.05) is 11.6 Å². The Kier molecular flexibility index (Phi) is 4.82. The SMILES string of the molecule is CCOc1ccccc1C(C)Nc1ccc(OC)nc1. The maximum absolute atomic E-state index is 5.66. The maximum atomic E-state index is 5.66. The van der Waals surface area contributed by atoms with E-state index in [0.29, 0.717) is 12.5 Å². The first kappa shape index (κ1) is 14.2. The minimum Gasteiger partial charge on any atom is -0.494 e. The first-order valence-electron chi connectivity index (χ1n) is 6.73. The van der Waals surface area contributed by atoms with E-state index in [9.17, 15) is 0 Å². The number of rotatable bonds is 6. The van der Waals surface area contributed by atoms with Crippen LogP contribution in [0.2, 0.25) is 0 Å². The number of methoxy groups -OCH3 is 1. The zero-order valence-electron chi connectivity index (χ0n) is 12.1. The van der Waals surface area contributed by atoms with Crippen molar-refractivity contribution in [2.75, 3.05) is 19.0 Å². The molecule has 2 rings (SSSR count). The van der Waals surface area contributed by atoms with Crippen LogP contribution in [0.3, 0.4) is 0 Å². The quantitative estimate of drug-likeness (QED) is 0.871. The number of nitrogens with zero attached hydrogens (tertiary/aromatic N) is 1. The molecule has 0 aliphatic rings. The first-order chi connectivity index (χ1) is 9.74. The Morgan fingerprint density at radius 3 is 2.65 bits per heavy atom. The summed E-state index contributed by atoms with van der Waals surface area (Å²) in [5.41, 5.74) is 2.08. The van der Waals surface area contributed by atoms with E-state index < -0.39 is 0 Å². The summed E-state index contributed by atoms with van der Waals surface area (Å²) in [6.07, 6.45) is 1.76. The fourth-order valence-corrected chi connectivity index (χ4v) is 2.04. The number of benzene rings is 1. The molecule has 1 atom stereocenters. The number of hydrogen-bond donors (Lipinski definition) is 1. The summed E-state index contributed by atoms with van der Waals surface area (Å²) in [6, 6.07) is 12.0. The number of nitrogens with one attached hydrogen (secondary N) is 1. The van der Waals surface area contributed by atoms with Crippen LogP contribution in [0.5, 0.6) is 11.6 Å². The Hall–Kier alpha value is -2.23. The molecule has 1 heterocycles. The van der Waals surface area contributed by atoms with Gasteiger partial charge in [0.1, 0.15) is 5.75 Å². The lowest BCUT2D eigenvalue weighted by molar-refractivity contribution is 0.335. The van der Waals surface area contributed by atoms with E-state index in [-0.39, 0.29) is 6.04 Å². The Balaban J connectivity index is 2.12. The largest absolute Gasteiger partial charge is 0.494 e. The van der Waals surface area contributed by atoms with Crippen molar-refractivity contribution >= 4 is 5.69 Å². The number of anilines is 1. The van der Waals surface area contributed by atoms with Crippen LogP contribution in [0.15, 0.2) is 42.6 Å². The van der Waals surface area contributed by atoms with Crippen molar-refractivity contribution in [3.8, 4) is 11.6 Å². The van der Waals surface area contributed by atoms with E-state index in [1.807, 2.05) is 37.3 Å². The predicted octanol–water partition coefficient (Wildman–Crippen LogP) is 3.66. The van der Waals surface area contributed by atoms with Gasteiger partial charge in [-0.1, -0.05) is 18.2 Å². The van der Waals surface area contributed by atoms with Crippen LogP contribution < -0.4 is 14.8 Å². The zero-order valence-corrected chi connectivity index (χ0v) is 12.1. The molecule has 0 spiro atoms. The average molecular weight is 272 g/mol. The van der Waals surface area contributed by atoms with Gasteiger partial charge in [-0.25, -0.2) is 4.98 Å². The highest BCUT2D eigenvalue weighted by molar-refractivity contribution is 5.47. The fraction of sp³-hybridized carbons (Fsp3) is 0.312. The van der Waals surface area contributed by atoms with Gasteiger partial charge in [0.2, 0.25) is 5.88 Å². The number of aromatic nitrogens is 1. The Morgan fingerprint density at radius 2 is 2.00 bits per heavy atom. The smallest absolute Gasteiger partial charge is 0.213 e. The molecule has 0 amide bonds. The van der Waals surface area contributed by atoms with Gasteiger partial charge in [0.25, 0.3) is 0 Å². The van der Waals surface area contributed by atoms with E-state index in [1.165, 1.54) is 0 Å². The average Bonchev–Trinajstić information content (AvgIpc) is 2.49. The standard InChI is InChI=1S/C16H20N2O2/c1-4-20-15-8-6-5-7-14(15)12(2)18-13-9-10-16(19-3)17-11-13/h5-12,18H,4H2,1-3H3. The van der Waals surface area contributed by atoms with Gasteiger partial charge in [-0.05, 0) is 26.0 Å². The van der Waals surface area contributed by atoms with Crippen molar-refractivity contribution in [1.29, 1.82) is 0 Å². The van der Waals surface area contributed by atoms with Gasteiger partial charge in [-0.2, -0.15) is 0 Å². The molecule has 0 radical (unpaired) electrons. The van der Waals surface area contributed by atoms with Gasteiger partial charge >= 0.3 is 0 Å². The van der Waals surface area contributed by atoms with Gasteiger partial charge in [0.15, 0.2) is 0 Å². The third-order valence-electron chi connectivity index (χ3n) is 3.01. The minimum atomic E-state index is 0.132. The fourth-order valence-electron chi connectivity index (χ4n) is 2.04. The van der Waals surface area contributed by atoms with Crippen LogP contribution in [0.1, 0.15) is 25.5 Å². The first-order valence-corrected chi connectivity index (χ1v) is 6.73. The molecular weight excluding hydrogens is 252 g/mol. The Morgan fingerprint density at radius 1 is 1.20 bits per heavy atom. The van der Waals surface area contributed by atoms with Gasteiger partial charge < -0.3 is 14.8 Å². The highest BCUT2D eigenvalue weighted by atomic mass is 16.5. The minimum absolute atomic E-state index is 0.132. The van der Waals surface area contributed by atoms with Gasteiger partial charge in [-0.15, -0.1) is 0 Å². The molecule has 0 saturated heterocycles. The van der Waals surface area contributed by atoms with Crippen LogP contribution in [-0.4, -0.2) is 18.7 Å². The number of ether oxygens (including phenoxy) is 2. The van der Waals surface area contributed by atoms with E-state index in [4.69, 9.17) is 9.47 Å². The van der Waals surface area contributed by atoms with E-state index in [1.54, 1.807) is 13.3 Å². The summed E-state index contributed by atoms with van der Waals surface area (Å²) in [4.78, 5) is 4.19. The molecule has 20 heavy (non-hydrogen) atoms. The molecule has 0 aliphatic heterocycles. The second-order valence-electron chi connectivity index (χ2n) is 4.43. The highest BCUT2D eigenvalue weighted by Crippen LogP contribution is 2.27. The summed E-state index contributed by atoms with van der Waals surface area (Å²) >= 11 is 0. The van der Waals surface area contributed by atoms with Crippen molar-refractivity contribution in [2.45, 2.75) is 19.9 Å². The molecule has 1 N–H and O–H groups in total. The van der Waals surface area contributed by atoms with Gasteiger partial charge in [-0.3, -0.25) is 0 Å². The van der Waals surface area contributed by atoms with Crippen LogP contribution >= 0.6 is 0 Å². The molecule has 4 heteroatoms. The summed E-state index contributed by atoms with van der Waals surface area (Å²) in [6.45, 7) is 4.75. The second-order valence-corrected chi connectivity index (χ2v) is 4.43. The topological polar surface area (TPSA) is 43.4 Å². The predicted molar refractivity (Wildman–Crippen MR) is 80.4 cm³/mol. The van der Waals surface area contributed by atoms with Crippen molar-refractivity contribution in [1.82, 2.24) is 4.98 Å². The van der Waals surface area contributed by atoms with E-state index >= 15 is 0 Å². The molecule has 2 aromatic rings. The lowest BCUT2D eigenvalue weighted by Gasteiger charge is -2.18. The number of hydrogen-bond acceptors (Lipinski definition) is 4. The molecule has 0 bridgehead atoms. The monoisotopic (exact) mass is 272 g/mol. The summed E-state index contributed by atoms with van der Waals surface area (Å²) in [5, 5.41) is 3.41. The van der Waals surface area contributed by atoms with Gasteiger partial charge in [0.05, 0.1) is 31.6 Å². The van der Waals surface area contributed by atoms with E-state index in [2.05, 4.69) is 23.3 Å². The van der Waals surface area contributed by atoms with Crippen molar-refractivity contribution < 1.29 is 9.47 Å².